The lowest BCUT2D eigenvalue weighted by molar-refractivity contribution is 0.0955. The third-order valence-electron chi connectivity index (χ3n) is 6.06. The van der Waals surface area contributed by atoms with Crippen LogP contribution in [-0.4, -0.2) is 24.2 Å². The molecule has 12 heteroatoms. The average molecular weight is 764 g/mol. The maximum Gasteiger partial charge on any atom is 0.271 e. The van der Waals surface area contributed by atoms with Crippen LogP contribution in [0.25, 0.3) is 11.3 Å². The molecular formula is C31H22Cl3IN4O3S. The number of halogens is 4. The normalized spacial score (nSPS) is 11.0. The highest BCUT2D eigenvalue weighted by Gasteiger charge is 2.13. The van der Waals surface area contributed by atoms with E-state index in [9.17, 15) is 4.79 Å². The van der Waals surface area contributed by atoms with Gasteiger partial charge in [0.05, 0.1) is 22.6 Å². The second-order valence-electron chi connectivity index (χ2n) is 9.00. The van der Waals surface area contributed by atoms with E-state index in [4.69, 9.17) is 44.3 Å². The molecule has 0 fully saturated rings. The van der Waals surface area contributed by atoms with E-state index >= 15 is 0 Å². The molecule has 43 heavy (non-hydrogen) atoms. The number of methoxy groups -OCH3 is 1. The molecule has 0 spiro atoms. The van der Waals surface area contributed by atoms with Crippen molar-refractivity contribution in [1.29, 1.82) is 0 Å². The molecule has 0 aliphatic rings. The number of hydrogen-bond acceptors (Lipinski definition) is 7. The van der Waals surface area contributed by atoms with Crippen LogP contribution in [0.2, 0.25) is 15.1 Å². The summed E-state index contributed by atoms with van der Waals surface area (Å²) < 4.78 is 12.4. The van der Waals surface area contributed by atoms with Crippen molar-refractivity contribution in [3.63, 3.8) is 0 Å². The van der Waals surface area contributed by atoms with Crippen molar-refractivity contribution in [2.24, 2.45) is 5.10 Å². The first-order valence-electron chi connectivity index (χ1n) is 12.7. The number of thiazole rings is 1. The van der Waals surface area contributed by atoms with Crippen LogP contribution in [0.4, 0.5) is 10.8 Å². The smallest absolute Gasteiger partial charge is 0.271 e. The number of nitrogens with zero attached hydrogens (tertiary/aromatic N) is 2. The van der Waals surface area contributed by atoms with Crippen molar-refractivity contribution in [2.45, 2.75) is 6.61 Å². The van der Waals surface area contributed by atoms with Crippen LogP contribution in [-0.2, 0) is 6.61 Å². The van der Waals surface area contributed by atoms with Gasteiger partial charge in [0.25, 0.3) is 5.91 Å². The number of ether oxygens (including phenoxy) is 2. The number of hydrogen-bond donors (Lipinski definition) is 2. The molecule has 2 N–H and O–H groups in total. The molecule has 5 aromatic rings. The number of benzene rings is 4. The second-order valence-corrected chi connectivity index (χ2v) is 12.3. The minimum Gasteiger partial charge on any atom is -0.493 e. The van der Waals surface area contributed by atoms with Gasteiger partial charge >= 0.3 is 0 Å². The molecule has 0 radical (unpaired) electrons. The van der Waals surface area contributed by atoms with E-state index in [1.54, 1.807) is 43.7 Å². The summed E-state index contributed by atoms with van der Waals surface area (Å²) in [5.74, 6) is 0.755. The zero-order chi connectivity index (χ0) is 30.3. The summed E-state index contributed by atoms with van der Waals surface area (Å²) in [5.41, 5.74) is 7.15. The van der Waals surface area contributed by atoms with Gasteiger partial charge < -0.3 is 14.8 Å². The molecule has 1 heterocycles. The van der Waals surface area contributed by atoms with E-state index in [1.165, 1.54) is 11.3 Å². The molecular weight excluding hydrogens is 742 g/mol. The van der Waals surface area contributed by atoms with Crippen molar-refractivity contribution in [3.8, 4) is 22.8 Å². The largest absolute Gasteiger partial charge is 0.493 e. The Labute approximate surface area is 281 Å². The fraction of sp³-hybridized carbons (Fsp3) is 0.0645. The fourth-order valence-electron chi connectivity index (χ4n) is 3.89. The van der Waals surface area contributed by atoms with Gasteiger partial charge in [-0.3, -0.25) is 4.79 Å². The summed E-state index contributed by atoms with van der Waals surface area (Å²) in [6.45, 7) is 0.245. The van der Waals surface area contributed by atoms with Gasteiger partial charge in [-0.1, -0.05) is 53.0 Å². The van der Waals surface area contributed by atoms with Crippen LogP contribution in [0.3, 0.4) is 0 Å². The van der Waals surface area contributed by atoms with Gasteiger partial charge in [-0.25, -0.2) is 10.4 Å². The molecule has 5 rings (SSSR count). The Balaban J connectivity index is 1.19. The second kappa shape index (κ2) is 14.4. The van der Waals surface area contributed by atoms with Gasteiger partial charge in [0, 0.05) is 42.8 Å². The monoisotopic (exact) mass is 762 g/mol. The minimum atomic E-state index is -0.340. The summed E-state index contributed by atoms with van der Waals surface area (Å²) in [5, 5.41) is 11.9. The van der Waals surface area contributed by atoms with Gasteiger partial charge in [0.15, 0.2) is 16.6 Å². The number of aromatic nitrogens is 1. The van der Waals surface area contributed by atoms with Crippen LogP contribution in [0.15, 0.2) is 89.3 Å². The first-order valence-corrected chi connectivity index (χ1v) is 15.7. The first kappa shape index (κ1) is 31.1. The number of carbonyl (C=O) groups is 1. The maximum absolute atomic E-state index is 12.7. The number of rotatable bonds is 10. The van der Waals surface area contributed by atoms with E-state index in [2.05, 4.69) is 43.4 Å². The SMILES string of the molecule is COc1cc(/C=N\NC(=O)c2ccc(-c3csc(Nc4ccc(Cl)cc4)n3)cc2)cc(I)c1OCc1ccc(Cl)cc1Cl. The van der Waals surface area contributed by atoms with Gasteiger partial charge in [-0.15, -0.1) is 11.3 Å². The maximum atomic E-state index is 12.7. The van der Waals surface area contributed by atoms with E-state index < -0.39 is 0 Å². The number of carbonyl (C=O) groups excluding carboxylic acids is 1. The lowest BCUT2D eigenvalue weighted by Crippen LogP contribution is -2.17. The summed E-state index contributed by atoms with van der Waals surface area (Å²) in [6, 6.07) is 23.5. The van der Waals surface area contributed by atoms with Gasteiger partial charge in [-0.2, -0.15) is 5.10 Å². The predicted octanol–water partition coefficient (Wildman–Crippen LogP) is 9.47. The van der Waals surface area contributed by atoms with E-state index in [-0.39, 0.29) is 12.5 Å². The Bertz CT molecular complexity index is 1780. The Morgan fingerprint density at radius 2 is 1.74 bits per heavy atom. The summed E-state index contributed by atoms with van der Waals surface area (Å²) in [7, 11) is 1.56. The number of nitrogens with one attached hydrogen (secondary N) is 2. The Morgan fingerprint density at radius 1 is 1.00 bits per heavy atom. The molecule has 0 bridgehead atoms. The van der Waals surface area contributed by atoms with Crippen LogP contribution >= 0.6 is 68.7 Å². The molecule has 0 saturated carbocycles. The van der Waals surface area contributed by atoms with Gasteiger partial charge in [-0.05, 0) is 88.8 Å². The topological polar surface area (TPSA) is 84.8 Å². The van der Waals surface area contributed by atoms with Crippen molar-refractivity contribution in [1.82, 2.24) is 10.4 Å². The van der Waals surface area contributed by atoms with E-state index in [0.717, 1.165) is 36.8 Å². The highest BCUT2D eigenvalue weighted by Crippen LogP contribution is 2.35. The van der Waals surface area contributed by atoms with Gasteiger partial charge in [0.1, 0.15) is 6.61 Å². The first-order chi connectivity index (χ1) is 20.8. The Morgan fingerprint density at radius 3 is 2.47 bits per heavy atom. The molecule has 4 aromatic carbocycles. The molecule has 1 aromatic heterocycles. The third-order valence-corrected chi connectivity index (χ3v) is 8.46. The van der Waals surface area contributed by atoms with Gasteiger partial charge in [0.2, 0.25) is 0 Å². The molecule has 0 saturated heterocycles. The predicted molar refractivity (Wildman–Crippen MR) is 184 cm³/mol. The molecule has 218 valence electrons. The standard InChI is InChI=1S/C31H22Cl3IN4O3S/c1-41-28-13-18(12-26(35)29(28)42-16-21-6-7-23(33)14-25(21)34)15-36-39-30(40)20-4-2-19(3-5-20)27-17-43-31(38-27)37-24-10-8-22(32)9-11-24/h2-15,17H,16H2,1H3,(H,37,38)(H,39,40)/b36-15-. The average Bonchev–Trinajstić information content (AvgIpc) is 3.47. The zero-order valence-electron chi connectivity index (χ0n) is 22.4. The van der Waals surface area contributed by atoms with Crippen molar-refractivity contribution >= 4 is 91.7 Å². The highest BCUT2D eigenvalue weighted by molar-refractivity contribution is 14.1. The molecule has 1 amide bonds. The van der Waals surface area contributed by atoms with Crippen molar-refractivity contribution in [3.05, 3.63) is 120 Å². The Kier molecular flexibility index (Phi) is 10.4. The molecule has 7 nitrogen and oxygen atoms in total. The lowest BCUT2D eigenvalue weighted by Gasteiger charge is -2.14. The summed E-state index contributed by atoms with van der Waals surface area (Å²) in [4.78, 5) is 17.3. The lowest BCUT2D eigenvalue weighted by atomic mass is 10.1. The number of hydrazone groups is 1. The number of amides is 1. The van der Waals surface area contributed by atoms with Crippen LogP contribution in [0.1, 0.15) is 21.5 Å². The minimum absolute atomic E-state index is 0.245. The quantitative estimate of drug-likeness (QED) is 0.0842. The third kappa shape index (κ3) is 8.18. The molecule has 0 aliphatic carbocycles. The number of anilines is 2. The van der Waals surface area contributed by atoms with Crippen molar-refractivity contribution < 1.29 is 14.3 Å². The summed E-state index contributed by atoms with van der Waals surface area (Å²) in [6.07, 6.45) is 1.54. The molecule has 0 unspecified atom stereocenters. The molecule has 0 atom stereocenters. The summed E-state index contributed by atoms with van der Waals surface area (Å²) >= 11 is 21.9. The highest BCUT2D eigenvalue weighted by atomic mass is 127. The van der Waals surface area contributed by atoms with E-state index in [0.29, 0.717) is 32.1 Å². The van der Waals surface area contributed by atoms with E-state index in [1.807, 2.05) is 53.9 Å². The Hall–Kier alpha value is -3.35. The van der Waals surface area contributed by atoms with Crippen LogP contribution < -0.4 is 20.2 Å². The van der Waals surface area contributed by atoms with Crippen LogP contribution in [0.5, 0.6) is 11.5 Å². The van der Waals surface area contributed by atoms with Crippen molar-refractivity contribution in [2.75, 3.05) is 12.4 Å². The fourth-order valence-corrected chi connectivity index (χ4v) is 6.00. The zero-order valence-corrected chi connectivity index (χ0v) is 27.6. The molecule has 0 aliphatic heterocycles. The van der Waals surface area contributed by atoms with Crippen LogP contribution in [0, 0.1) is 3.57 Å².